The first kappa shape index (κ1) is 22.8. The zero-order valence-electron chi connectivity index (χ0n) is 21.7. The standard InChI is InChI=1S/C31H36FNO4/c1-28(35,20-6-8-21(32)9-7-20)23-16-29-11-12-31(23,36-2)27-30(29)13-14-33(17-18-3-4-18)24(29)15-19-5-10-22(34)26(37-27)25(19)30/h5-10,18,23-24,27,34-35H,3-4,11-17H2,1-2H3/t23-,24-,27-,28-,29-,30+,31-/m1/s1. The van der Waals surface area contributed by atoms with Crippen LogP contribution in [-0.2, 0) is 22.2 Å². The summed E-state index contributed by atoms with van der Waals surface area (Å²) in [6.45, 7) is 4.07. The van der Waals surface area contributed by atoms with Gasteiger partial charge in [-0.1, -0.05) is 18.2 Å². The average molecular weight is 506 g/mol. The van der Waals surface area contributed by atoms with Gasteiger partial charge in [-0.15, -0.1) is 0 Å². The zero-order chi connectivity index (χ0) is 25.4. The van der Waals surface area contributed by atoms with Gasteiger partial charge in [0.2, 0.25) is 0 Å². The Labute approximate surface area is 217 Å². The van der Waals surface area contributed by atoms with E-state index in [0.717, 1.165) is 51.1 Å². The highest BCUT2D eigenvalue weighted by atomic mass is 19.1. The summed E-state index contributed by atoms with van der Waals surface area (Å²) in [6, 6.07) is 10.6. The minimum atomic E-state index is -1.23. The van der Waals surface area contributed by atoms with Crippen molar-refractivity contribution in [2.75, 3.05) is 20.2 Å². The number of benzene rings is 2. The number of piperidine rings is 1. The molecule has 2 aromatic rings. The molecule has 4 bridgehead atoms. The van der Waals surface area contributed by atoms with Gasteiger partial charge in [-0.05, 0) is 93.7 Å². The zero-order valence-corrected chi connectivity index (χ0v) is 21.7. The quantitative estimate of drug-likeness (QED) is 0.619. The van der Waals surface area contributed by atoms with E-state index in [1.54, 1.807) is 25.3 Å². The Balaban J connectivity index is 1.34. The summed E-state index contributed by atoms with van der Waals surface area (Å²) >= 11 is 0. The smallest absolute Gasteiger partial charge is 0.165 e. The summed E-state index contributed by atoms with van der Waals surface area (Å²) in [6.07, 6.45) is 6.97. The number of aliphatic hydroxyl groups is 1. The van der Waals surface area contributed by atoms with Crippen molar-refractivity contribution in [1.82, 2.24) is 4.90 Å². The highest BCUT2D eigenvalue weighted by Crippen LogP contribution is 2.78. The molecule has 2 spiro atoms. The molecule has 1 saturated heterocycles. The van der Waals surface area contributed by atoms with E-state index in [4.69, 9.17) is 9.47 Å². The van der Waals surface area contributed by atoms with Crippen molar-refractivity contribution in [3.8, 4) is 11.5 Å². The van der Waals surface area contributed by atoms with E-state index >= 15 is 0 Å². The highest BCUT2D eigenvalue weighted by molar-refractivity contribution is 5.63. The molecule has 2 aromatic carbocycles. The molecule has 9 rings (SSSR count). The molecule has 2 heterocycles. The molecule has 0 aromatic heterocycles. The van der Waals surface area contributed by atoms with Crippen LogP contribution in [0.3, 0.4) is 0 Å². The molecule has 2 aliphatic heterocycles. The lowest BCUT2D eigenvalue weighted by atomic mass is 9.33. The van der Waals surface area contributed by atoms with Crippen molar-refractivity contribution in [3.05, 3.63) is 58.9 Å². The molecule has 6 heteroatoms. The third kappa shape index (κ3) is 2.56. The van der Waals surface area contributed by atoms with Crippen LogP contribution < -0.4 is 4.74 Å². The lowest BCUT2D eigenvalue weighted by molar-refractivity contribution is -0.304. The third-order valence-corrected chi connectivity index (χ3v) is 11.8. The van der Waals surface area contributed by atoms with E-state index in [2.05, 4.69) is 11.0 Å². The molecule has 37 heavy (non-hydrogen) atoms. The summed E-state index contributed by atoms with van der Waals surface area (Å²) in [5.74, 6) is 1.12. The van der Waals surface area contributed by atoms with Crippen molar-refractivity contribution in [1.29, 1.82) is 0 Å². The number of likely N-dealkylation sites (tertiary alicyclic amines) is 1. The van der Waals surface area contributed by atoms with Crippen molar-refractivity contribution in [2.24, 2.45) is 17.3 Å². The van der Waals surface area contributed by atoms with E-state index in [1.807, 2.05) is 6.92 Å². The largest absolute Gasteiger partial charge is 0.504 e. The molecule has 4 saturated carbocycles. The molecule has 0 amide bonds. The number of fused-ring (bicyclic) bond motifs is 2. The number of aromatic hydroxyl groups is 1. The number of hydrogen-bond donors (Lipinski definition) is 2. The Hall–Kier alpha value is -2.15. The molecule has 5 aliphatic carbocycles. The summed E-state index contributed by atoms with van der Waals surface area (Å²) in [5.41, 5.74) is 0.989. The molecular weight excluding hydrogens is 469 g/mol. The Morgan fingerprint density at radius 2 is 1.92 bits per heavy atom. The van der Waals surface area contributed by atoms with Gasteiger partial charge >= 0.3 is 0 Å². The maximum absolute atomic E-state index is 13.8. The first-order valence-electron chi connectivity index (χ1n) is 14.1. The number of halogens is 1. The molecule has 0 radical (unpaired) electrons. The maximum atomic E-state index is 13.8. The first-order valence-corrected chi connectivity index (χ1v) is 14.1. The number of rotatable bonds is 5. The third-order valence-electron chi connectivity index (χ3n) is 11.8. The Morgan fingerprint density at radius 1 is 1.14 bits per heavy atom. The van der Waals surface area contributed by atoms with Gasteiger partial charge in [-0.3, -0.25) is 4.90 Å². The van der Waals surface area contributed by atoms with Gasteiger partial charge in [0.05, 0.1) is 5.60 Å². The van der Waals surface area contributed by atoms with Crippen LogP contribution in [0.15, 0.2) is 36.4 Å². The number of methoxy groups -OCH3 is 1. The van der Waals surface area contributed by atoms with E-state index in [9.17, 15) is 14.6 Å². The van der Waals surface area contributed by atoms with Gasteiger partial charge in [0.25, 0.3) is 0 Å². The van der Waals surface area contributed by atoms with Gasteiger partial charge in [0.15, 0.2) is 11.5 Å². The number of phenolic OH excluding ortho intramolecular Hbond substituents is 1. The van der Waals surface area contributed by atoms with Crippen LogP contribution >= 0.6 is 0 Å². The molecule has 0 unspecified atom stereocenters. The van der Waals surface area contributed by atoms with E-state index in [0.29, 0.717) is 17.4 Å². The highest BCUT2D eigenvalue weighted by Gasteiger charge is 2.82. The van der Waals surface area contributed by atoms with Gasteiger partial charge < -0.3 is 19.7 Å². The molecule has 7 aliphatic rings. The number of hydrogen-bond acceptors (Lipinski definition) is 5. The summed E-state index contributed by atoms with van der Waals surface area (Å²) in [7, 11) is 1.76. The molecular formula is C31H36FNO4. The van der Waals surface area contributed by atoms with E-state index < -0.39 is 11.2 Å². The number of phenols is 1. The van der Waals surface area contributed by atoms with Crippen LogP contribution in [-0.4, -0.2) is 53.1 Å². The van der Waals surface area contributed by atoms with Crippen LogP contribution in [0, 0.1) is 23.1 Å². The normalized spacial score (nSPS) is 40.7. The fraction of sp³-hybridized carbons (Fsp3) is 0.613. The van der Waals surface area contributed by atoms with Crippen molar-refractivity contribution in [3.63, 3.8) is 0 Å². The number of ether oxygens (including phenoxy) is 2. The van der Waals surface area contributed by atoms with E-state index in [-0.39, 0.29) is 34.4 Å². The van der Waals surface area contributed by atoms with Crippen LogP contribution in [0.4, 0.5) is 4.39 Å². The molecule has 7 atom stereocenters. The van der Waals surface area contributed by atoms with Gasteiger partial charge in [-0.2, -0.15) is 0 Å². The topological polar surface area (TPSA) is 62.2 Å². The minimum Gasteiger partial charge on any atom is -0.504 e. The Bertz CT molecular complexity index is 1290. The Kier molecular flexibility index (Phi) is 4.36. The lowest BCUT2D eigenvalue weighted by Crippen LogP contribution is -2.82. The predicted molar refractivity (Wildman–Crippen MR) is 136 cm³/mol. The molecule has 196 valence electrons. The maximum Gasteiger partial charge on any atom is 0.165 e. The van der Waals surface area contributed by atoms with Crippen LogP contribution in [0.1, 0.15) is 62.1 Å². The van der Waals surface area contributed by atoms with Gasteiger partial charge in [0, 0.05) is 42.0 Å². The second-order valence-corrected chi connectivity index (χ2v) is 13.1. The average Bonchev–Trinajstić information content (AvgIpc) is 3.64. The van der Waals surface area contributed by atoms with Crippen molar-refractivity contribution >= 4 is 0 Å². The van der Waals surface area contributed by atoms with Gasteiger partial charge in [0.1, 0.15) is 17.5 Å². The predicted octanol–water partition coefficient (Wildman–Crippen LogP) is 4.66. The summed E-state index contributed by atoms with van der Waals surface area (Å²) in [4.78, 5) is 2.77. The number of nitrogens with zero attached hydrogens (tertiary/aromatic N) is 1. The molecule has 2 N–H and O–H groups in total. The fourth-order valence-electron chi connectivity index (χ4n) is 10.0. The lowest BCUT2D eigenvalue weighted by Gasteiger charge is -2.75. The van der Waals surface area contributed by atoms with Crippen molar-refractivity contribution < 1.29 is 24.1 Å². The molecule has 5 nitrogen and oxygen atoms in total. The summed E-state index contributed by atoms with van der Waals surface area (Å²) in [5, 5.41) is 23.3. The van der Waals surface area contributed by atoms with Gasteiger partial charge in [-0.25, -0.2) is 4.39 Å². The van der Waals surface area contributed by atoms with Crippen molar-refractivity contribution in [2.45, 2.75) is 80.6 Å². The van der Waals surface area contributed by atoms with Crippen LogP contribution in [0.25, 0.3) is 0 Å². The summed E-state index contributed by atoms with van der Waals surface area (Å²) < 4.78 is 27.3. The Morgan fingerprint density at radius 3 is 2.65 bits per heavy atom. The second-order valence-electron chi connectivity index (χ2n) is 13.1. The first-order chi connectivity index (χ1) is 17.8. The molecule has 5 fully saturated rings. The van der Waals surface area contributed by atoms with E-state index in [1.165, 1.54) is 36.1 Å². The fourth-order valence-corrected chi connectivity index (χ4v) is 10.0. The second kappa shape index (κ2) is 7.08. The van der Waals surface area contributed by atoms with Crippen LogP contribution in [0.2, 0.25) is 0 Å². The van der Waals surface area contributed by atoms with Crippen LogP contribution in [0.5, 0.6) is 11.5 Å². The SMILES string of the molecule is CO[C@]12CC[C@@]3(C[C@@H]1[C@](C)(O)c1ccc(F)cc1)[C@H]1Cc4ccc(O)c5c4[C@@]3(CCN1CC1CC1)[C@H]2O5. The monoisotopic (exact) mass is 505 g/mol. The minimum absolute atomic E-state index is 0.0776.